The highest BCUT2D eigenvalue weighted by Gasteiger charge is 2.28. The molecule has 0 saturated carbocycles. The molecule has 0 unspecified atom stereocenters. The van der Waals surface area contributed by atoms with Crippen LogP contribution >= 0.6 is 0 Å². The zero-order valence-electron chi connectivity index (χ0n) is 24.2. The fourth-order valence-corrected chi connectivity index (χ4v) is 6.03. The molecule has 8 nitrogen and oxygen atoms in total. The van der Waals surface area contributed by atoms with Gasteiger partial charge in [0, 0.05) is 44.2 Å². The molecule has 4 heterocycles. The molecule has 5 rings (SSSR count). The van der Waals surface area contributed by atoms with Crippen LogP contribution in [-0.2, 0) is 16.6 Å². The first-order valence-corrected chi connectivity index (χ1v) is 15.0. The van der Waals surface area contributed by atoms with Crippen LogP contribution in [0.2, 0.25) is 0 Å². The van der Waals surface area contributed by atoms with Crippen LogP contribution in [0.15, 0.2) is 57.7 Å². The second kappa shape index (κ2) is 13.6. The highest BCUT2D eigenvalue weighted by molar-refractivity contribution is 6.06. The number of hydrogen-bond donors (Lipinski definition) is 2. The quantitative estimate of drug-likeness (QED) is 0.282. The number of aliphatic imine (C=N–C) groups is 1. The molecule has 0 fully saturated rings. The maximum Gasteiger partial charge on any atom is 0.336 e. The van der Waals surface area contributed by atoms with E-state index in [0.29, 0.717) is 38.1 Å². The number of unbranched alkanes of at least 4 members (excludes halogenated alkanes) is 1. The Morgan fingerprint density at radius 1 is 1.15 bits per heavy atom. The molecule has 222 valence electrons. The predicted molar refractivity (Wildman–Crippen MR) is 157 cm³/mol. The summed E-state index contributed by atoms with van der Waals surface area (Å²) in [6, 6.07) is -0.749. The summed E-state index contributed by atoms with van der Waals surface area (Å²) < 4.78 is 34.3. The van der Waals surface area contributed by atoms with Crippen molar-refractivity contribution >= 4 is 17.5 Å². The zero-order chi connectivity index (χ0) is 28.8. The van der Waals surface area contributed by atoms with E-state index in [1.807, 2.05) is 7.05 Å². The standard InChI is InChI=1S/C31H42F2N6O2/c1-21-8-12-26-23(7-5-15-34-26)10-9-22(21)6-3-4-16-39(20-29(32)33)17-14-28-31(40)41-24-11-13-27(37-28)25-19-36-38(2)30(25)35-18-24/h9-10,18-19,28-29,34-35H,3-8,11-17,20H2,1-2H3/b10-9-,22-21+,24-18-,37-27?/t28-/m0/s1. The molecule has 0 aromatic carbocycles. The molecule has 1 aromatic heterocycles. The van der Waals surface area contributed by atoms with E-state index in [1.54, 1.807) is 22.0 Å². The molecule has 4 aliphatic rings. The van der Waals surface area contributed by atoms with E-state index < -0.39 is 18.4 Å². The topological polar surface area (TPSA) is 83.8 Å². The molecule has 0 spiro atoms. The van der Waals surface area contributed by atoms with E-state index in [1.165, 1.54) is 28.8 Å². The lowest BCUT2D eigenvalue weighted by molar-refractivity contribution is -0.141. The number of rotatable bonds is 10. The summed E-state index contributed by atoms with van der Waals surface area (Å²) in [4.78, 5) is 19.5. The van der Waals surface area contributed by atoms with Crippen LogP contribution in [0.3, 0.4) is 0 Å². The van der Waals surface area contributed by atoms with Crippen LogP contribution in [0.1, 0.15) is 76.7 Å². The minimum Gasteiger partial charge on any atom is -0.428 e. The number of ether oxygens (including phenoxy) is 1. The number of anilines is 1. The van der Waals surface area contributed by atoms with Gasteiger partial charge in [0.2, 0.25) is 0 Å². The largest absolute Gasteiger partial charge is 0.428 e. The molecule has 1 aromatic rings. The Labute approximate surface area is 241 Å². The SMILES string of the molecule is C/C1=C(CCCCN(CC[C@@H]2N=C3CC/C(=C/Nc4c3cnn4C)OC2=O)CC(F)F)\C=C/C2=C(CC1)NCCC2. The highest BCUT2D eigenvalue weighted by Crippen LogP contribution is 2.29. The highest BCUT2D eigenvalue weighted by atomic mass is 19.3. The first kappa shape index (κ1) is 29.2. The average molecular weight is 569 g/mol. The van der Waals surface area contributed by atoms with Gasteiger partial charge in [0.25, 0.3) is 6.43 Å². The van der Waals surface area contributed by atoms with Crippen molar-refractivity contribution in [3.8, 4) is 0 Å². The second-order valence-electron chi connectivity index (χ2n) is 11.4. The fraction of sp³-hybridized carbons (Fsp3) is 0.581. The van der Waals surface area contributed by atoms with Gasteiger partial charge in [0.05, 0.1) is 18.3 Å². The van der Waals surface area contributed by atoms with Gasteiger partial charge in [-0.25, -0.2) is 13.6 Å². The number of fused-ring (bicyclic) bond motifs is 5. The van der Waals surface area contributed by atoms with Crippen LogP contribution in [0.25, 0.3) is 0 Å². The third kappa shape index (κ3) is 7.52. The molecule has 0 amide bonds. The Morgan fingerprint density at radius 2 is 2.02 bits per heavy atom. The first-order chi connectivity index (χ1) is 19.9. The molecule has 3 aliphatic heterocycles. The van der Waals surface area contributed by atoms with E-state index in [9.17, 15) is 13.6 Å². The summed E-state index contributed by atoms with van der Waals surface area (Å²) in [7, 11) is 1.84. The Kier molecular flexibility index (Phi) is 9.69. The molecule has 0 saturated heterocycles. The maximum absolute atomic E-state index is 13.5. The van der Waals surface area contributed by atoms with Crippen molar-refractivity contribution in [3.63, 3.8) is 0 Å². The number of hydrogen-bond acceptors (Lipinski definition) is 7. The first-order valence-electron chi connectivity index (χ1n) is 15.0. The summed E-state index contributed by atoms with van der Waals surface area (Å²) in [6.45, 7) is 3.87. The van der Waals surface area contributed by atoms with Crippen LogP contribution in [-0.4, -0.2) is 65.0 Å². The molecule has 1 aliphatic carbocycles. The van der Waals surface area contributed by atoms with Gasteiger partial charge in [0.15, 0.2) is 0 Å². The Morgan fingerprint density at radius 3 is 2.88 bits per heavy atom. The van der Waals surface area contributed by atoms with Crippen LogP contribution in [0, 0.1) is 0 Å². The van der Waals surface area contributed by atoms with Crippen LogP contribution in [0.4, 0.5) is 14.6 Å². The minimum atomic E-state index is -2.44. The average Bonchev–Trinajstić information content (AvgIpc) is 3.29. The molecule has 1 atom stereocenters. The Balaban J connectivity index is 1.19. The van der Waals surface area contributed by atoms with Crippen molar-refractivity contribution in [3.05, 3.63) is 58.3 Å². The van der Waals surface area contributed by atoms with E-state index in [4.69, 9.17) is 9.73 Å². The number of carbonyl (C=O) groups is 1. The lowest BCUT2D eigenvalue weighted by atomic mass is 9.91. The summed E-state index contributed by atoms with van der Waals surface area (Å²) in [5.74, 6) is 0.891. The van der Waals surface area contributed by atoms with Crippen molar-refractivity contribution in [2.45, 2.75) is 83.6 Å². The number of nitrogens with one attached hydrogen (secondary N) is 2. The normalized spacial score (nSPS) is 24.8. The van der Waals surface area contributed by atoms with E-state index in [2.05, 4.69) is 34.8 Å². The monoisotopic (exact) mass is 568 g/mol. The molecule has 10 heteroatoms. The van der Waals surface area contributed by atoms with Gasteiger partial charge in [-0.3, -0.25) is 14.6 Å². The molecule has 41 heavy (non-hydrogen) atoms. The fourth-order valence-electron chi connectivity index (χ4n) is 6.03. The molecule has 2 N–H and O–H groups in total. The van der Waals surface area contributed by atoms with Crippen molar-refractivity contribution in [1.82, 2.24) is 20.0 Å². The lowest BCUT2D eigenvalue weighted by Crippen LogP contribution is -2.35. The molecular formula is C31H42F2N6O2. The minimum absolute atomic E-state index is 0.314. The van der Waals surface area contributed by atoms with Crippen molar-refractivity contribution in [2.75, 3.05) is 31.5 Å². The van der Waals surface area contributed by atoms with Gasteiger partial charge in [-0.15, -0.1) is 0 Å². The van der Waals surface area contributed by atoms with Gasteiger partial charge < -0.3 is 15.4 Å². The smallest absolute Gasteiger partial charge is 0.336 e. The van der Waals surface area contributed by atoms with Crippen LogP contribution < -0.4 is 10.6 Å². The number of nitrogens with zero attached hydrogens (tertiary/aromatic N) is 4. The maximum atomic E-state index is 13.5. The summed E-state index contributed by atoms with van der Waals surface area (Å²) >= 11 is 0. The number of carbonyl (C=O) groups excluding carboxylic acids is 1. The molecule has 0 radical (unpaired) electrons. The number of allylic oxidation sites excluding steroid dienone is 7. The lowest BCUT2D eigenvalue weighted by Gasteiger charge is -2.26. The summed E-state index contributed by atoms with van der Waals surface area (Å²) in [5.41, 5.74) is 7.24. The van der Waals surface area contributed by atoms with E-state index >= 15 is 0 Å². The molecular weight excluding hydrogens is 526 g/mol. The zero-order valence-corrected chi connectivity index (χ0v) is 24.2. The molecule has 2 bridgehead atoms. The van der Waals surface area contributed by atoms with E-state index in [-0.39, 0.29) is 6.54 Å². The number of aromatic nitrogens is 2. The summed E-state index contributed by atoms with van der Waals surface area (Å²) in [6.07, 6.45) is 14.1. The number of esters is 1. The number of aryl methyl sites for hydroxylation is 1. The van der Waals surface area contributed by atoms with Crippen molar-refractivity contribution < 1.29 is 18.3 Å². The van der Waals surface area contributed by atoms with Gasteiger partial charge in [-0.05, 0) is 82.4 Å². The van der Waals surface area contributed by atoms with Gasteiger partial charge in [0.1, 0.15) is 17.6 Å². The second-order valence-corrected chi connectivity index (χ2v) is 11.4. The van der Waals surface area contributed by atoms with E-state index in [0.717, 1.165) is 62.2 Å². The van der Waals surface area contributed by atoms with Crippen molar-refractivity contribution in [1.29, 1.82) is 0 Å². The summed E-state index contributed by atoms with van der Waals surface area (Å²) in [5, 5.41) is 11.1. The van der Waals surface area contributed by atoms with Gasteiger partial charge >= 0.3 is 5.97 Å². The van der Waals surface area contributed by atoms with Gasteiger partial charge in [-0.2, -0.15) is 5.10 Å². The van der Waals surface area contributed by atoms with Gasteiger partial charge in [-0.1, -0.05) is 17.7 Å². The third-order valence-corrected chi connectivity index (χ3v) is 8.46. The third-order valence-electron chi connectivity index (χ3n) is 8.46. The number of alkyl halides is 2. The number of halogens is 2. The van der Waals surface area contributed by atoms with Crippen LogP contribution in [0.5, 0.6) is 0 Å². The Hall–Kier alpha value is -3.27. The predicted octanol–water partition coefficient (Wildman–Crippen LogP) is 5.61. The van der Waals surface area contributed by atoms with Crippen molar-refractivity contribution in [2.24, 2.45) is 12.0 Å². The Bertz CT molecular complexity index is 1280.